The Morgan fingerprint density at radius 3 is 2.36 bits per heavy atom. The molecule has 1 aromatic heterocycles. The van der Waals surface area contributed by atoms with Gasteiger partial charge in [-0.25, -0.2) is 4.79 Å². The first-order chi connectivity index (χ1) is 10.1. The molecule has 0 aliphatic carbocycles. The van der Waals surface area contributed by atoms with Crippen molar-refractivity contribution in [3.8, 4) is 0 Å². The van der Waals surface area contributed by atoms with Crippen LogP contribution in [0.3, 0.4) is 0 Å². The Hall–Kier alpha value is -1.80. The lowest BCUT2D eigenvalue weighted by atomic mass is 10.0. The summed E-state index contributed by atoms with van der Waals surface area (Å²) in [4.78, 5) is 14.3. The van der Waals surface area contributed by atoms with Gasteiger partial charge in [-0.15, -0.1) is 0 Å². The van der Waals surface area contributed by atoms with Crippen molar-refractivity contribution in [3.63, 3.8) is 0 Å². The zero-order chi connectivity index (χ0) is 16.9. The van der Waals surface area contributed by atoms with Crippen molar-refractivity contribution < 1.29 is 28.5 Å². The van der Waals surface area contributed by atoms with Crippen molar-refractivity contribution in [3.05, 3.63) is 29.6 Å². The summed E-state index contributed by atoms with van der Waals surface area (Å²) in [6.45, 7) is 5.15. The second-order valence-corrected chi connectivity index (χ2v) is 5.78. The van der Waals surface area contributed by atoms with Crippen LogP contribution in [0.2, 0.25) is 0 Å². The topological polar surface area (TPSA) is 91.7 Å². The fourth-order valence-electron chi connectivity index (χ4n) is 1.67. The minimum atomic E-state index is -1.49. The molecule has 0 aliphatic heterocycles. The van der Waals surface area contributed by atoms with Crippen molar-refractivity contribution in [1.82, 2.24) is 10.3 Å². The average molecular weight is 318 g/mol. The van der Waals surface area contributed by atoms with E-state index in [4.69, 9.17) is 4.74 Å². The van der Waals surface area contributed by atoms with Crippen LogP contribution >= 0.6 is 0 Å². The molecular formula is C14H20F2N2O4. The van der Waals surface area contributed by atoms with Gasteiger partial charge in [0.15, 0.2) is 0 Å². The zero-order valence-electron chi connectivity index (χ0n) is 12.6. The Morgan fingerprint density at radius 1 is 1.32 bits per heavy atom. The second-order valence-electron chi connectivity index (χ2n) is 5.78. The minimum absolute atomic E-state index is 0.0219. The van der Waals surface area contributed by atoms with E-state index in [1.807, 2.05) is 0 Å². The Kier molecular flexibility index (Phi) is 6.19. The Bertz CT molecular complexity index is 500. The lowest BCUT2D eigenvalue weighted by Crippen LogP contribution is -2.34. The number of aromatic nitrogens is 1. The van der Waals surface area contributed by atoms with E-state index in [2.05, 4.69) is 10.3 Å². The minimum Gasteiger partial charge on any atom is -0.444 e. The Balaban J connectivity index is 2.48. The summed E-state index contributed by atoms with van der Waals surface area (Å²) in [5.74, 6) is -2.18. The fraction of sp³-hybridized carbons (Fsp3) is 0.571. The molecule has 22 heavy (non-hydrogen) atoms. The number of ether oxygens (including phenoxy) is 1. The van der Waals surface area contributed by atoms with Crippen LogP contribution in [0.25, 0.3) is 0 Å². The Labute approximate surface area is 127 Å². The third kappa shape index (κ3) is 6.31. The average Bonchev–Trinajstić information content (AvgIpc) is 2.34. The largest absolute Gasteiger partial charge is 0.444 e. The highest BCUT2D eigenvalue weighted by Crippen LogP contribution is 2.19. The predicted molar refractivity (Wildman–Crippen MR) is 74.0 cm³/mol. The van der Waals surface area contributed by atoms with Gasteiger partial charge in [-0.1, -0.05) is 0 Å². The van der Waals surface area contributed by atoms with Gasteiger partial charge >= 0.3 is 6.09 Å². The number of nitrogens with one attached hydrogen (secondary N) is 1. The molecule has 6 nitrogen and oxygen atoms in total. The lowest BCUT2D eigenvalue weighted by Gasteiger charge is -2.21. The number of carbonyl (C=O) groups excluding carboxylic acids is 1. The van der Waals surface area contributed by atoms with Gasteiger partial charge in [0.25, 0.3) is 0 Å². The van der Waals surface area contributed by atoms with Gasteiger partial charge in [-0.2, -0.15) is 13.8 Å². The van der Waals surface area contributed by atoms with Gasteiger partial charge in [-0.3, -0.25) is 0 Å². The van der Waals surface area contributed by atoms with E-state index in [1.54, 1.807) is 20.8 Å². The van der Waals surface area contributed by atoms with Crippen LogP contribution in [-0.4, -0.2) is 39.5 Å². The van der Waals surface area contributed by atoms with Crippen LogP contribution in [0.4, 0.5) is 13.6 Å². The van der Waals surface area contributed by atoms with Crippen LogP contribution in [0.15, 0.2) is 12.1 Å². The van der Waals surface area contributed by atoms with Crippen LogP contribution in [0, 0.1) is 11.9 Å². The third-order valence-corrected chi connectivity index (χ3v) is 2.60. The number of alkyl carbamates (subject to hydrolysis) is 1. The summed E-state index contributed by atoms with van der Waals surface area (Å²) in [6.07, 6.45) is -3.48. The molecule has 0 fully saturated rings. The van der Waals surface area contributed by atoms with Crippen molar-refractivity contribution >= 4 is 6.09 Å². The monoisotopic (exact) mass is 318 g/mol. The van der Waals surface area contributed by atoms with Gasteiger partial charge in [0.2, 0.25) is 11.9 Å². The normalized spacial score (nSPS) is 14.3. The molecule has 3 N–H and O–H groups in total. The fourth-order valence-corrected chi connectivity index (χ4v) is 1.67. The van der Waals surface area contributed by atoms with Crippen molar-refractivity contribution in [2.24, 2.45) is 0 Å². The number of amides is 1. The summed E-state index contributed by atoms with van der Waals surface area (Å²) in [7, 11) is 0. The highest BCUT2D eigenvalue weighted by molar-refractivity contribution is 5.67. The van der Waals surface area contributed by atoms with E-state index in [1.165, 1.54) is 0 Å². The zero-order valence-corrected chi connectivity index (χ0v) is 12.6. The maximum Gasteiger partial charge on any atom is 0.407 e. The van der Waals surface area contributed by atoms with E-state index >= 15 is 0 Å². The molecule has 0 radical (unpaired) electrons. The van der Waals surface area contributed by atoms with Crippen molar-refractivity contribution in [2.45, 2.75) is 45.0 Å². The molecule has 1 aromatic rings. The molecular weight excluding hydrogens is 298 g/mol. The van der Waals surface area contributed by atoms with Crippen molar-refractivity contribution in [2.75, 3.05) is 6.54 Å². The predicted octanol–water partition coefficient (Wildman–Crippen LogP) is 1.67. The number of nitrogens with zero attached hydrogens (tertiary/aromatic N) is 1. The van der Waals surface area contributed by atoms with Gasteiger partial charge < -0.3 is 20.3 Å². The number of halogens is 2. The molecule has 2 atom stereocenters. The summed E-state index contributed by atoms with van der Waals surface area (Å²) in [6, 6.07) is 1.66. The van der Waals surface area contributed by atoms with Crippen LogP contribution in [-0.2, 0) is 4.74 Å². The summed E-state index contributed by atoms with van der Waals surface area (Å²) < 4.78 is 30.9. The molecule has 1 amide bonds. The first kappa shape index (κ1) is 18.2. The standard InChI is InChI=1S/C14H20F2N2O4/c1-14(2,3)22-13(21)17-5-4-9(19)12(20)8-6-10(15)18-11(16)7-8/h6-7,9,12,19-20H,4-5H2,1-3H3,(H,17,21). The highest BCUT2D eigenvalue weighted by Gasteiger charge is 2.21. The van der Waals surface area contributed by atoms with E-state index < -0.39 is 35.8 Å². The molecule has 0 bridgehead atoms. The van der Waals surface area contributed by atoms with Crippen LogP contribution in [0.1, 0.15) is 38.9 Å². The molecule has 1 rings (SSSR count). The molecule has 0 saturated carbocycles. The Morgan fingerprint density at radius 2 is 1.86 bits per heavy atom. The molecule has 0 aromatic carbocycles. The SMILES string of the molecule is CC(C)(C)OC(=O)NCCC(O)C(O)c1cc(F)nc(F)c1. The highest BCUT2D eigenvalue weighted by atomic mass is 19.1. The van der Waals surface area contributed by atoms with E-state index in [9.17, 15) is 23.8 Å². The van der Waals surface area contributed by atoms with Crippen molar-refractivity contribution in [1.29, 1.82) is 0 Å². The summed E-state index contributed by atoms with van der Waals surface area (Å²) in [5, 5.41) is 22.0. The number of aliphatic hydroxyl groups is 2. The molecule has 0 aliphatic rings. The number of hydrogen-bond acceptors (Lipinski definition) is 5. The van der Waals surface area contributed by atoms with E-state index in [0.717, 1.165) is 12.1 Å². The molecule has 0 saturated heterocycles. The van der Waals surface area contributed by atoms with Crippen LogP contribution in [0.5, 0.6) is 0 Å². The van der Waals surface area contributed by atoms with Gasteiger partial charge in [-0.05, 0) is 44.9 Å². The number of rotatable bonds is 5. The number of carbonyl (C=O) groups is 1. The molecule has 8 heteroatoms. The van der Waals surface area contributed by atoms with Gasteiger partial charge in [0.05, 0.1) is 6.10 Å². The number of aliphatic hydroxyl groups excluding tert-OH is 2. The molecule has 1 heterocycles. The van der Waals surface area contributed by atoms with Gasteiger partial charge in [0.1, 0.15) is 11.7 Å². The lowest BCUT2D eigenvalue weighted by molar-refractivity contribution is 0.0119. The van der Waals surface area contributed by atoms with E-state index in [0.29, 0.717) is 0 Å². The van der Waals surface area contributed by atoms with E-state index in [-0.39, 0.29) is 18.5 Å². The molecule has 124 valence electrons. The maximum absolute atomic E-state index is 12.9. The quantitative estimate of drug-likeness (QED) is 0.718. The summed E-state index contributed by atoms with van der Waals surface area (Å²) in [5.41, 5.74) is -0.774. The molecule has 0 spiro atoms. The van der Waals surface area contributed by atoms with Gasteiger partial charge in [0, 0.05) is 6.54 Å². The number of hydrogen-bond donors (Lipinski definition) is 3. The first-order valence-electron chi connectivity index (χ1n) is 6.74. The first-order valence-corrected chi connectivity index (χ1v) is 6.74. The smallest absolute Gasteiger partial charge is 0.407 e. The summed E-state index contributed by atoms with van der Waals surface area (Å²) >= 11 is 0. The number of pyridine rings is 1. The third-order valence-electron chi connectivity index (χ3n) is 2.60. The molecule has 2 unspecified atom stereocenters. The second kappa shape index (κ2) is 7.46. The maximum atomic E-state index is 12.9. The van der Waals surface area contributed by atoms with Crippen LogP contribution < -0.4 is 5.32 Å².